The summed E-state index contributed by atoms with van der Waals surface area (Å²) in [5.41, 5.74) is 0. The Labute approximate surface area is 126 Å². The van der Waals surface area contributed by atoms with E-state index in [1.165, 1.54) is 0 Å². The van der Waals surface area contributed by atoms with E-state index < -0.39 is 12.1 Å². The quantitative estimate of drug-likeness (QED) is 0.667. The molecule has 0 aromatic carbocycles. The number of β-amino-alcohol motifs (C(OH)–C–C–N with tert-alkyl or cyclic N) is 1. The largest absolute Gasteiger partial charge is 0.481 e. The lowest BCUT2D eigenvalue weighted by molar-refractivity contribution is -0.137. The average molecular weight is 300 g/mol. The van der Waals surface area contributed by atoms with Crippen LogP contribution in [0.3, 0.4) is 0 Å². The number of hydrogen-bond acceptors (Lipinski definition) is 3. The van der Waals surface area contributed by atoms with E-state index in [-0.39, 0.29) is 12.5 Å². The predicted octanol–water partition coefficient (Wildman–Crippen LogP) is 1.68. The molecule has 0 aromatic rings. The molecule has 1 aliphatic rings. The smallest absolute Gasteiger partial charge is 0.317 e. The van der Waals surface area contributed by atoms with Gasteiger partial charge in [-0.25, -0.2) is 4.79 Å². The van der Waals surface area contributed by atoms with Crippen molar-refractivity contribution in [2.75, 3.05) is 19.6 Å². The average Bonchev–Trinajstić information content (AvgIpc) is 2.41. The molecule has 0 aromatic heterocycles. The highest BCUT2D eigenvalue weighted by Gasteiger charge is 2.22. The van der Waals surface area contributed by atoms with Crippen molar-refractivity contribution in [3.63, 3.8) is 0 Å². The van der Waals surface area contributed by atoms with Crippen molar-refractivity contribution in [3.8, 4) is 0 Å². The Morgan fingerprint density at radius 3 is 2.62 bits per heavy atom. The Hall–Kier alpha value is -1.30. The molecule has 122 valence electrons. The minimum Gasteiger partial charge on any atom is -0.481 e. The number of carbonyl (C=O) groups excluding carboxylic acids is 1. The van der Waals surface area contributed by atoms with Gasteiger partial charge >= 0.3 is 12.0 Å². The third kappa shape index (κ3) is 6.80. The molecule has 0 aliphatic carbocycles. The number of likely N-dealkylation sites (tertiary alicyclic amines) is 1. The molecule has 3 N–H and O–H groups in total. The maximum Gasteiger partial charge on any atom is 0.317 e. The van der Waals surface area contributed by atoms with Crippen LogP contribution in [0.15, 0.2) is 0 Å². The topological polar surface area (TPSA) is 89.9 Å². The summed E-state index contributed by atoms with van der Waals surface area (Å²) in [7, 11) is 0. The number of hydrogen-bond donors (Lipinski definition) is 3. The summed E-state index contributed by atoms with van der Waals surface area (Å²) in [6.45, 7) is 5.80. The molecule has 6 nitrogen and oxygen atoms in total. The first kappa shape index (κ1) is 17.8. The molecule has 2 atom stereocenters. The van der Waals surface area contributed by atoms with Crippen molar-refractivity contribution in [1.29, 1.82) is 0 Å². The van der Waals surface area contributed by atoms with E-state index in [0.717, 1.165) is 19.3 Å². The minimum absolute atomic E-state index is 0.130. The number of carbonyl (C=O) groups is 2. The number of aliphatic carboxylic acids is 1. The zero-order valence-electron chi connectivity index (χ0n) is 13.0. The van der Waals surface area contributed by atoms with Gasteiger partial charge in [0.2, 0.25) is 0 Å². The highest BCUT2D eigenvalue weighted by Crippen LogP contribution is 2.20. The van der Waals surface area contributed by atoms with Gasteiger partial charge < -0.3 is 20.4 Å². The van der Waals surface area contributed by atoms with Crippen LogP contribution in [0.4, 0.5) is 4.79 Å². The number of carboxylic acid groups (broad SMARTS) is 1. The summed E-state index contributed by atoms with van der Waals surface area (Å²) >= 11 is 0. The fourth-order valence-corrected chi connectivity index (χ4v) is 2.74. The molecule has 0 saturated carbocycles. The number of carboxylic acids is 1. The Morgan fingerprint density at radius 1 is 1.33 bits per heavy atom. The lowest BCUT2D eigenvalue weighted by atomic mass is 9.88. The number of aliphatic hydroxyl groups is 1. The van der Waals surface area contributed by atoms with Gasteiger partial charge in [-0.3, -0.25) is 4.79 Å². The monoisotopic (exact) mass is 300 g/mol. The van der Waals surface area contributed by atoms with Gasteiger partial charge in [-0.15, -0.1) is 0 Å². The Bertz CT molecular complexity index is 347. The lowest BCUT2D eigenvalue weighted by Crippen LogP contribution is -2.47. The number of piperidine rings is 1. The molecular weight excluding hydrogens is 272 g/mol. The van der Waals surface area contributed by atoms with Crippen LogP contribution in [0.1, 0.15) is 46.0 Å². The number of aliphatic hydroxyl groups excluding tert-OH is 1. The lowest BCUT2D eigenvalue weighted by Gasteiger charge is -2.30. The second-order valence-corrected chi connectivity index (χ2v) is 6.20. The molecular formula is C15H28N2O4. The molecule has 0 bridgehead atoms. The minimum atomic E-state index is -0.771. The summed E-state index contributed by atoms with van der Waals surface area (Å²) in [4.78, 5) is 24.3. The Morgan fingerprint density at radius 2 is 2.05 bits per heavy atom. The second-order valence-electron chi connectivity index (χ2n) is 6.20. The molecule has 0 spiro atoms. The van der Waals surface area contributed by atoms with Crippen molar-refractivity contribution >= 4 is 12.0 Å². The van der Waals surface area contributed by atoms with Crippen molar-refractivity contribution < 1.29 is 19.8 Å². The van der Waals surface area contributed by atoms with Crippen LogP contribution in [0, 0.1) is 11.8 Å². The third-order valence-electron chi connectivity index (χ3n) is 4.15. The van der Waals surface area contributed by atoms with Crippen LogP contribution in [0.2, 0.25) is 0 Å². The first-order chi connectivity index (χ1) is 9.90. The van der Waals surface area contributed by atoms with Crippen LogP contribution in [0.25, 0.3) is 0 Å². The SMILES string of the molecule is CC(C)C(CCNC(=O)N1CCCC(O)C1)CCC(=O)O. The Kier molecular flexibility index (Phi) is 7.50. The number of nitrogens with one attached hydrogen (secondary N) is 1. The van der Waals surface area contributed by atoms with Gasteiger partial charge in [-0.1, -0.05) is 13.8 Å². The third-order valence-corrected chi connectivity index (χ3v) is 4.15. The molecule has 1 heterocycles. The van der Waals surface area contributed by atoms with E-state index in [2.05, 4.69) is 19.2 Å². The van der Waals surface area contributed by atoms with Crippen molar-refractivity contribution in [1.82, 2.24) is 10.2 Å². The van der Waals surface area contributed by atoms with Gasteiger partial charge in [0.1, 0.15) is 0 Å². The van der Waals surface area contributed by atoms with Crippen molar-refractivity contribution in [3.05, 3.63) is 0 Å². The standard InChI is InChI=1S/C15H28N2O4/c1-11(2)12(5-6-14(19)20)7-8-16-15(21)17-9-3-4-13(18)10-17/h11-13,18H,3-10H2,1-2H3,(H,16,21)(H,19,20). The molecule has 0 radical (unpaired) electrons. The molecule has 1 saturated heterocycles. The first-order valence-corrected chi connectivity index (χ1v) is 7.82. The van der Waals surface area contributed by atoms with Crippen molar-refractivity contribution in [2.45, 2.75) is 52.1 Å². The van der Waals surface area contributed by atoms with E-state index in [9.17, 15) is 14.7 Å². The van der Waals surface area contributed by atoms with Crippen LogP contribution >= 0.6 is 0 Å². The molecule has 6 heteroatoms. The summed E-state index contributed by atoms with van der Waals surface area (Å²) < 4.78 is 0. The van der Waals surface area contributed by atoms with Gasteiger partial charge in [0.05, 0.1) is 6.10 Å². The van der Waals surface area contributed by atoms with Gasteiger partial charge in [0.15, 0.2) is 0 Å². The highest BCUT2D eigenvalue weighted by atomic mass is 16.4. The fourth-order valence-electron chi connectivity index (χ4n) is 2.74. The zero-order chi connectivity index (χ0) is 15.8. The summed E-state index contributed by atoms with van der Waals surface area (Å²) in [5.74, 6) is -0.0709. The molecule has 1 rings (SSSR count). The summed E-state index contributed by atoms with van der Waals surface area (Å²) in [5, 5.41) is 21.2. The van der Waals surface area contributed by atoms with Crippen molar-refractivity contribution in [2.24, 2.45) is 11.8 Å². The summed E-state index contributed by atoms with van der Waals surface area (Å²) in [6.07, 6.45) is 2.78. The van der Waals surface area contributed by atoms with E-state index in [0.29, 0.717) is 37.9 Å². The summed E-state index contributed by atoms with van der Waals surface area (Å²) in [6, 6.07) is -0.130. The second kappa shape index (κ2) is 8.87. The van der Waals surface area contributed by atoms with Crippen LogP contribution < -0.4 is 5.32 Å². The Balaban J connectivity index is 2.29. The number of rotatable bonds is 7. The molecule has 1 fully saturated rings. The van der Waals surface area contributed by atoms with Gasteiger partial charge in [0.25, 0.3) is 0 Å². The van der Waals surface area contributed by atoms with Crippen LogP contribution in [0.5, 0.6) is 0 Å². The number of nitrogens with zero attached hydrogens (tertiary/aromatic N) is 1. The maximum atomic E-state index is 12.0. The van der Waals surface area contributed by atoms with Gasteiger partial charge in [-0.05, 0) is 37.5 Å². The number of urea groups is 1. The first-order valence-electron chi connectivity index (χ1n) is 7.82. The fraction of sp³-hybridized carbons (Fsp3) is 0.867. The predicted molar refractivity (Wildman–Crippen MR) is 80.0 cm³/mol. The van der Waals surface area contributed by atoms with E-state index in [4.69, 9.17) is 5.11 Å². The number of amides is 2. The molecule has 1 aliphatic heterocycles. The maximum absolute atomic E-state index is 12.0. The van der Waals surface area contributed by atoms with Gasteiger partial charge in [-0.2, -0.15) is 0 Å². The molecule has 2 amide bonds. The van der Waals surface area contributed by atoms with Crippen LogP contribution in [-0.2, 0) is 4.79 Å². The van der Waals surface area contributed by atoms with E-state index in [1.807, 2.05) is 0 Å². The molecule has 2 unspecified atom stereocenters. The van der Waals surface area contributed by atoms with E-state index in [1.54, 1.807) is 4.90 Å². The van der Waals surface area contributed by atoms with Crippen LogP contribution in [-0.4, -0.2) is 52.9 Å². The van der Waals surface area contributed by atoms with Gasteiger partial charge in [0, 0.05) is 26.1 Å². The van der Waals surface area contributed by atoms with E-state index >= 15 is 0 Å². The normalized spacial score (nSPS) is 20.4. The zero-order valence-corrected chi connectivity index (χ0v) is 13.0. The highest BCUT2D eigenvalue weighted by molar-refractivity contribution is 5.74. The molecule has 21 heavy (non-hydrogen) atoms.